The Balaban J connectivity index is 1.32. The average Bonchev–Trinajstić information content (AvgIpc) is 3.68. The van der Waals surface area contributed by atoms with Crippen molar-refractivity contribution in [3.63, 3.8) is 0 Å². The Kier molecular flexibility index (Phi) is 7.79. The number of aliphatic hydroxyl groups is 2. The van der Waals surface area contributed by atoms with E-state index in [9.17, 15) is 28.2 Å². The highest BCUT2D eigenvalue weighted by atomic mass is 19.4. The number of methoxy groups -OCH3 is 1. The van der Waals surface area contributed by atoms with Gasteiger partial charge < -0.3 is 24.4 Å². The Morgan fingerprint density at radius 1 is 1.18 bits per heavy atom. The molecular weight excluding hydrogens is 515 g/mol. The highest BCUT2D eigenvalue weighted by molar-refractivity contribution is 5.88. The molecule has 2 aromatic heterocycles. The summed E-state index contributed by atoms with van der Waals surface area (Å²) in [5, 5.41) is 21.3. The lowest BCUT2D eigenvalue weighted by Gasteiger charge is -2.38. The Bertz CT molecular complexity index is 1290. The van der Waals surface area contributed by atoms with E-state index in [1.165, 1.54) is 25.6 Å². The number of esters is 1. The minimum Gasteiger partial charge on any atom is -0.468 e. The molecule has 0 spiro atoms. The van der Waals surface area contributed by atoms with Crippen LogP contribution in [0.4, 0.5) is 19.0 Å². The van der Waals surface area contributed by atoms with Gasteiger partial charge >= 0.3 is 12.1 Å². The zero-order valence-electron chi connectivity index (χ0n) is 21.6. The fourth-order valence-corrected chi connectivity index (χ4v) is 5.35. The molecule has 0 unspecified atom stereocenters. The fraction of sp³-hybridized carbons (Fsp3) is 0.519. The van der Waals surface area contributed by atoms with Gasteiger partial charge in [0.05, 0.1) is 30.8 Å². The van der Waals surface area contributed by atoms with E-state index < -0.39 is 29.9 Å². The molecule has 1 aromatic carbocycles. The van der Waals surface area contributed by atoms with Gasteiger partial charge in [0.15, 0.2) is 0 Å². The number of benzene rings is 1. The number of alkyl halides is 3. The molecule has 2 aliphatic rings. The van der Waals surface area contributed by atoms with Crippen molar-refractivity contribution in [1.82, 2.24) is 19.4 Å². The van der Waals surface area contributed by atoms with E-state index in [-0.39, 0.29) is 25.1 Å². The number of rotatable bonds is 9. The van der Waals surface area contributed by atoms with Gasteiger partial charge in [-0.1, -0.05) is 12.1 Å². The number of ether oxygens (including phenoxy) is 1. The van der Waals surface area contributed by atoms with Gasteiger partial charge in [0, 0.05) is 37.8 Å². The molecule has 3 atom stereocenters. The minimum atomic E-state index is -4.37. The molecule has 1 aliphatic carbocycles. The van der Waals surface area contributed by atoms with Gasteiger partial charge in [-0.05, 0) is 49.6 Å². The molecule has 210 valence electrons. The number of aliphatic hydroxyl groups excluding tert-OH is 2. The van der Waals surface area contributed by atoms with E-state index in [0.29, 0.717) is 26.1 Å². The summed E-state index contributed by atoms with van der Waals surface area (Å²) in [5.74, 6) is 0.125. The molecule has 39 heavy (non-hydrogen) atoms. The molecule has 5 rings (SSSR count). The largest absolute Gasteiger partial charge is 0.468 e. The Morgan fingerprint density at radius 2 is 1.92 bits per heavy atom. The third kappa shape index (κ3) is 5.87. The van der Waals surface area contributed by atoms with Crippen LogP contribution in [-0.2, 0) is 28.8 Å². The van der Waals surface area contributed by atoms with E-state index in [1.807, 2.05) is 16.8 Å². The molecule has 9 nitrogen and oxygen atoms in total. The van der Waals surface area contributed by atoms with E-state index >= 15 is 0 Å². The first-order valence-electron chi connectivity index (χ1n) is 13.0. The van der Waals surface area contributed by atoms with E-state index in [2.05, 4.69) is 14.9 Å². The maximum Gasteiger partial charge on any atom is 0.416 e. The smallest absolute Gasteiger partial charge is 0.416 e. The van der Waals surface area contributed by atoms with Crippen LogP contribution >= 0.6 is 0 Å². The summed E-state index contributed by atoms with van der Waals surface area (Å²) >= 11 is 0. The molecular formula is C27H32F3N5O4. The molecule has 0 amide bonds. The van der Waals surface area contributed by atoms with E-state index in [1.54, 1.807) is 4.90 Å². The quantitative estimate of drug-likeness (QED) is 0.395. The van der Waals surface area contributed by atoms with Crippen LogP contribution in [0.2, 0.25) is 0 Å². The molecule has 0 bridgehead atoms. The van der Waals surface area contributed by atoms with Gasteiger partial charge in [-0.3, -0.25) is 9.69 Å². The van der Waals surface area contributed by atoms with Gasteiger partial charge in [-0.15, -0.1) is 0 Å². The summed E-state index contributed by atoms with van der Waals surface area (Å²) in [6.07, 6.45) is 0.916. The van der Waals surface area contributed by atoms with Crippen LogP contribution in [0.1, 0.15) is 30.4 Å². The second-order valence-electron chi connectivity index (χ2n) is 10.3. The maximum absolute atomic E-state index is 13.0. The van der Waals surface area contributed by atoms with Crippen LogP contribution in [0.5, 0.6) is 0 Å². The van der Waals surface area contributed by atoms with E-state index in [4.69, 9.17) is 4.74 Å². The predicted molar refractivity (Wildman–Crippen MR) is 137 cm³/mol. The standard InChI is InChI=1S/C27H32F3N5O4/c1-39-26(38)22(15-36)33-10-8-18(23(37)14-33)13-34-11-9-21-24(34)31-16-32-25(21)35(20-6-7-20)12-17-2-4-19(5-3-17)27(28,29)30/h2-5,9,11,16,18,20,22-23,36-37H,6-8,10,12-15H2,1H3/t18-,22-,23+/m1/s1. The van der Waals surface area contributed by atoms with Gasteiger partial charge in [-0.25, -0.2) is 9.97 Å². The first kappa shape index (κ1) is 27.4. The second kappa shape index (κ2) is 11.1. The number of piperidine rings is 1. The van der Waals surface area contributed by atoms with Crippen molar-refractivity contribution in [2.45, 2.75) is 56.7 Å². The molecule has 1 aliphatic heterocycles. The lowest BCUT2D eigenvalue weighted by atomic mass is 9.92. The van der Waals surface area contributed by atoms with Crippen LogP contribution in [0.25, 0.3) is 11.0 Å². The fourth-order valence-electron chi connectivity index (χ4n) is 5.35. The third-order valence-corrected chi connectivity index (χ3v) is 7.70. The molecule has 2 N–H and O–H groups in total. The zero-order valence-corrected chi connectivity index (χ0v) is 21.6. The SMILES string of the molecule is COC(=O)[C@@H](CO)N1CC[C@H](Cn2ccc3c(N(Cc4ccc(C(F)(F)F)cc4)C4CC4)ncnc32)[C@@H](O)C1. The Morgan fingerprint density at radius 3 is 2.54 bits per heavy atom. The molecule has 3 heterocycles. The Hall–Kier alpha value is -3.22. The maximum atomic E-state index is 13.0. The van der Waals surface area contributed by atoms with Crippen molar-refractivity contribution in [2.24, 2.45) is 5.92 Å². The van der Waals surface area contributed by atoms with Crippen molar-refractivity contribution in [3.05, 3.63) is 54.0 Å². The number of likely N-dealkylation sites (tertiary alicyclic amines) is 1. The monoisotopic (exact) mass is 547 g/mol. The molecule has 12 heteroatoms. The van der Waals surface area contributed by atoms with Crippen molar-refractivity contribution in [1.29, 1.82) is 0 Å². The lowest BCUT2D eigenvalue weighted by molar-refractivity contribution is -0.150. The highest BCUT2D eigenvalue weighted by Gasteiger charge is 2.36. The van der Waals surface area contributed by atoms with Gasteiger partial charge in [0.2, 0.25) is 0 Å². The number of anilines is 1. The summed E-state index contributed by atoms with van der Waals surface area (Å²) in [5.41, 5.74) is 0.815. The van der Waals surface area contributed by atoms with Gasteiger partial charge in [-0.2, -0.15) is 13.2 Å². The minimum absolute atomic E-state index is 0.0843. The van der Waals surface area contributed by atoms with Crippen molar-refractivity contribution >= 4 is 22.8 Å². The topological polar surface area (TPSA) is 104 Å². The number of fused-ring (bicyclic) bond motifs is 1. The van der Waals surface area contributed by atoms with Crippen LogP contribution in [0, 0.1) is 5.92 Å². The van der Waals surface area contributed by atoms with Crippen molar-refractivity contribution in [3.8, 4) is 0 Å². The summed E-state index contributed by atoms with van der Waals surface area (Å²) in [6.45, 7) is 1.34. The van der Waals surface area contributed by atoms with E-state index in [0.717, 1.165) is 47.4 Å². The summed E-state index contributed by atoms with van der Waals surface area (Å²) < 4.78 is 45.7. The van der Waals surface area contributed by atoms with Crippen LogP contribution in [0.15, 0.2) is 42.9 Å². The van der Waals surface area contributed by atoms with Crippen LogP contribution in [-0.4, -0.2) is 80.6 Å². The van der Waals surface area contributed by atoms with Gasteiger partial charge in [0.1, 0.15) is 23.8 Å². The normalized spacial score (nSPS) is 21.2. The number of β-amino-alcohol motifs (C(OH)–C–C–N with tert-alkyl or cyclic N) is 1. The first-order valence-corrected chi connectivity index (χ1v) is 13.0. The number of nitrogens with zero attached hydrogens (tertiary/aromatic N) is 5. The second-order valence-corrected chi connectivity index (χ2v) is 10.3. The zero-order chi connectivity index (χ0) is 27.7. The molecule has 1 saturated carbocycles. The highest BCUT2D eigenvalue weighted by Crippen LogP contribution is 2.36. The predicted octanol–water partition coefficient (Wildman–Crippen LogP) is 2.84. The molecule has 3 aromatic rings. The third-order valence-electron chi connectivity index (χ3n) is 7.70. The number of hydrogen-bond acceptors (Lipinski definition) is 8. The van der Waals surface area contributed by atoms with Crippen molar-refractivity contribution in [2.75, 3.05) is 31.7 Å². The summed E-state index contributed by atoms with van der Waals surface area (Å²) in [7, 11) is 1.27. The average molecular weight is 548 g/mol. The number of halogens is 3. The number of carbonyl (C=O) groups excluding carboxylic acids is 1. The van der Waals surface area contributed by atoms with Crippen LogP contribution < -0.4 is 4.90 Å². The number of aromatic nitrogens is 3. The molecule has 1 saturated heterocycles. The number of carbonyl (C=O) groups is 1. The van der Waals surface area contributed by atoms with Crippen LogP contribution in [0.3, 0.4) is 0 Å². The lowest BCUT2D eigenvalue weighted by Crippen LogP contribution is -2.53. The summed E-state index contributed by atoms with van der Waals surface area (Å²) in [4.78, 5) is 24.9. The Labute approximate surface area is 223 Å². The van der Waals surface area contributed by atoms with Crippen molar-refractivity contribution < 1.29 is 32.9 Å². The number of hydrogen-bond donors (Lipinski definition) is 2. The molecule has 2 fully saturated rings. The summed E-state index contributed by atoms with van der Waals surface area (Å²) in [6, 6.07) is 6.63. The van der Waals surface area contributed by atoms with Gasteiger partial charge in [0.25, 0.3) is 0 Å². The first-order chi connectivity index (χ1) is 18.7. The molecule has 0 radical (unpaired) electrons.